The number of unbranched alkanes of at least 4 members (excludes halogenated alkanes) is 1. The summed E-state index contributed by atoms with van der Waals surface area (Å²) in [5.74, 6) is -17.4. The Morgan fingerprint density at radius 3 is 1.73 bits per heavy atom. The van der Waals surface area contributed by atoms with Crippen molar-refractivity contribution in [2.24, 2.45) is 40.3 Å². The zero-order valence-corrected chi connectivity index (χ0v) is 81.1. The smallest absolute Gasteiger partial charge is 0.303 e. The molecule has 1 aliphatic carbocycles. The average Bonchev–Trinajstić information content (AvgIpc) is 1.55. The number of nitrogens with two attached hydrogens (primary N) is 6. The normalized spacial score (nSPS) is 20.6. The number of aliphatic hydroxyl groups excluding tert-OH is 2. The maximum absolute atomic E-state index is 16.0. The van der Waals surface area contributed by atoms with Crippen LogP contribution in [0.15, 0.2) is 73.3 Å². The van der Waals surface area contributed by atoms with Crippen molar-refractivity contribution in [2.75, 3.05) is 112 Å². The number of carbonyl (C=O) groups is 17. The Balaban J connectivity index is 0.958. The van der Waals surface area contributed by atoms with E-state index < -0.39 is 242 Å². The summed E-state index contributed by atoms with van der Waals surface area (Å²) in [5, 5.41) is 99.1. The van der Waals surface area contributed by atoms with E-state index >= 15 is 33.6 Å². The van der Waals surface area contributed by atoms with E-state index in [9.17, 15) is 58.2 Å². The Bertz CT molecular complexity index is 5060. The lowest BCUT2D eigenvalue weighted by atomic mass is 10.0. The second-order valence-corrected chi connectivity index (χ2v) is 35.6. The van der Waals surface area contributed by atoms with Gasteiger partial charge in [-0.1, -0.05) is 48.5 Å². The number of aliphatic hydroxyl groups is 2. The van der Waals surface area contributed by atoms with Crippen LogP contribution in [-0.4, -0.2) is 356 Å². The molecule has 804 valence electrons. The SMILES string of the molecule is N=C(N)NCCCC[C@H](NC(=O)[C@H](Cc1c[nH]cn1)NC(=O)[C@H](CCCNC(=N)N)NC(=O)[C@@H](CO)NC(=O)[C@H](CCC(N)=O)NC(=O)[C@@H](CO)NC(=O)COCCOCCNC(=O)COCCOCCNC(=O)[C@@H](N)CCC(=O)O)C(=O)NC12CC1C[C@H]1OC1NCCCC[C@@H](C(N)=O)NC(=O)[C@H](Cc1c[nH]c3ccccc13)NC(=O)[C@H](CCCNC(=N)N)NC(=O)[C@@H](Cc1ccccc1)NC(=O)[C@@H]1CCCN1C2=O. The molecule has 8 rings (SSSR count). The molecule has 146 heavy (non-hydrogen) atoms. The van der Waals surface area contributed by atoms with Crippen molar-refractivity contribution >= 4 is 129 Å². The number of epoxide rings is 1. The van der Waals surface area contributed by atoms with Crippen LogP contribution < -0.4 is 125 Å². The minimum Gasteiger partial charge on any atom is -0.481 e. The molecule has 4 fully saturated rings. The number of aromatic amines is 2. The Morgan fingerprint density at radius 2 is 1.09 bits per heavy atom. The minimum absolute atomic E-state index is 0.0142. The van der Waals surface area contributed by atoms with Gasteiger partial charge in [-0.2, -0.15) is 0 Å². The van der Waals surface area contributed by atoms with Crippen LogP contribution in [0.1, 0.15) is 132 Å². The first-order chi connectivity index (χ1) is 69.9. The number of amides is 16. The zero-order chi connectivity index (χ0) is 106. The molecule has 2 aromatic heterocycles. The molecular weight excluding hydrogens is 1910 g/mol. The summed E-state index contributed by atoms with van der Waals surface area (Å²) in [4.78, 5) is 249. The summed E-state index contributed by atoms with van der Waals surface area (Å²) in [6, 6.07) is -2.38. The molecule has 16 atom stereocenters. The first-order valence-corrected chi connectivity index (χ1v) is 48.4. The number of nitrogens with zero attached hydrogens (tertiary/aromatic N) is 2. The first-order valence-electron chi connectivity index (χ1n) is 48.4. The second kappa shape index (κ2) is 61.0. The third kappa shape index (κ3) is 40.3. The van der Waals surface area contributed by atoms with Gasteiger partial charge < -0.3 is 173 Å². The van der Waals surface area contributed by atoms with Gasteiger partial charge in [0, 0.05) is 94.7 Å². The molecule has 37 N–H and O–H groups in total. The first kappa shape index (κ1) is 117. The van der Waals surface area contributed by atoms with Crippen molar-refractivity contribution in [3.8, 4) is 0 Å². The van der Waals surface area contributed by atoms with Crippen molar-refractivity contribution < 1.29 is 121 Å². The highest BCUT2D eigenvalue weighted by atomic mass is 16.6. The van der Waals surface area contributed by atoms with Crippen LogP contribution in [0.2, 0.25) is 0 Å². The number of fused-ring (bicyclic) bond motifs is 4. The van der Waals surface area contributed by atoms with E-state index in [2.05, 4.69) is 105 Å². The number of carboxylic acid groups (broad SMARTS) is 1. The van der Waals surface area contributed by atoms with Crippen molar-refractivity contribution in [3.63, 3.8) is 0 Å². The highest BCUT2D eigenvalue weighted by Gasteiger charge is 2.65. The van der Waals surface area contributed by atoms with Crippen LogP contribution in [0.25, 0.3) is 10.9 Å². The fourth-order valence-corrected chi connectivity index (χ4v) is 16.4. The zero-order valence-electron chi connectivity index (χ0n) is 81.1. The predicted molar refractivity (Wildman–Crippen MR) is 521 cm³/mol. The van der Waals surface area contributed by atoms with Crippen molar-refractivity contribution in [3.05, 3.63) is 90.1 Å². The predicted octanol–water partition coefficient (Wildman–Crippen LogP) is -10.1. The van der Waals surface area contributed by atoms with Gasteiger partial charge in [-0.3, -0.25) is 103 Å². The summed E-state index contributed by atoms with van der Waals surface area (Å²) in [6.07, 6.45) is 2.23. The van der Waals surface area contributed by atoms with E-state index in [1.165, 1.54) is 17.4 Å². The highest BCUT2D eigenvalue weighted by Crippen LogP contribution is 2.51. The molecule has 0 radical (unpaired) electrons. The van der Waals surface area contributed by atoms with Gasteiger partial charge in [-0.05, 0) is 132 Å². The maximum Gasteiger partial charge on any atom is 0.303 e. The summed E-state index contributed by atoms with van der Waals surface area (Å²) in [5.41, 5.74) is 34.2. The standard InChI is InChI=1S/C91H140N30O25/c92-56(22-25-73(127)128)75(130)103-31-34-143-35-37-144-48-71(125)102-30-33-142-36-38-145-49-72(126)110-66(46-122)82(137)115-62(23-24-70(93)124)78(133)119-67(47-123)83(138)113-60(20-11-29-107-90(99)100)77(132)117-65(42-54-45-101-50-109-54)81(136)114-61(18-7-9-27-105-88(95)96)84(139)120-91-43-53(91)41-69-86(146-69)104-26-8-6-17-58(74(94)129)111-80(135)64(40-52-44-108-57-16-5-4-15-55(52)57)116-76(131)59(19-10-28-106-89(97)98)112-79(134)63(39-51-13-2-1-3-14-51)118-85(140)68-21-12-32-121(68)87(91)141/h1-5,13-16,44-45,50,53,56,58-69,86,104,108,122-123H,6-12,17-43,46-49,92H2,(H2,93,124)(H2,94,129)(H,101,109)(H,102,125)(H,103,130)(H,110,126)(H,111,135)(H,112,134)(H,113,138)(H,114,136)(H,115,137)(H,116,131)(H,117,132)(H,118,140)(H,119,133)(H,120,139)(H,127,128)(H4,95,96,105)(H4,97,98,106)(H4,99,100,107)/t53?,56-,58-,59-,60-,61-,62-,63+,64-,65-,66+,67+,68-,69+,86?,91?/m0/s1. The molecule has 55 nitrogen and oxygen atoms in total. The maximum atomic E-state index is 16.0. The Labute approximate surface area is 840 Å². The second-order valence-electron chi connectivity index (χ2n) is 35.6. The van der Waals surface area contributed by atoms with Crippen LogP contribution in [0, 0.1) is 22.1 Å². The number of carbonyl (C=O) groups excluding carboxylic acids is 16. The summed E-state index contributed by atoms with van der Waals surface area (Å²) in [7, 11) is 0. The van der Waals surface area contributed by atoms with Gasteiger partial charge in [0.15, 0.2) is 17.9 Å². The number of primary amides is 2. The van der Waals surface area contributed by atoms with Crippen LogP contribution >= 0.6 is 0 Å². The van der Waals surface area contributed by atoms with Gasteiger partial charge in [-0.15, -0.1) is 0 Å². The number of carboxylic acids is 1. The number of aromatic nitrogens is 3. The monoisotopic (exact) mass is 2050 g/mol. The quantitative estimate of drug-likeness (QED) is 0.00845. The lowest BCUT2D eigenvalue weighted by molar-refractivity contribution is -0.144. The van der Waals surface area contributed by atoms with Crippen molar-refractivity contribution in [1.82, 2.24) is 110 Å². The van der Waals surface area contributed by atoms with E-state index in [4.69, 9.17) is 79.4 Å². The van der Waals surface area contributed by atoms with E-state index in [-0.39, 0.29) is 206 Å². The number of benzene rings is 2. The average molecular weight is 2050 g/mol. The molecule has 3 unspecified atom stereocenters. The van der Waals surface area contributed by atoms with Gasteiger partial charge >= 0.3 is 5.97 Å². The molecule has 4 aliphatic rings. The van der Waals surface area contributed by atoms with E-state index in [0.717, 1.165) is 10.9 Å². The van der Waals surface area contributed by atoms with E-state index in [1.807, 2.05) is 18.2 Å². The Morgan fingerprint density at radius 1 is 0.534 bits per heavy atom. The molecule has 0 spiro atoms. The molecule has 3 saturated heterocycles. The summed E-state index contributed by atoms with van der Waals surface area (Å²) >= 11 is 0. The van der Waals surface area contributed by atoms with Gasteiger partial charge in [0.25, 0.3) is 0 Å². The van der Waals surface area contributed by atoms with Crippen LogP contribution in [-0.2, 0) is 124 Å². The van der Waals surface area contributed by atoms with Crippen LogP contribution in [0.4, 0.5) is 0 Å². The number of hydrogen-bond donors (Lipinski definition) is 31. The topological polar surface area (TPSA) is 880 Å². The number of para-hydroxylation sites is 1. The fraction of sp³-hybridized carbons (Fsp3) is 0.593. The molecule has 1 saturated carbocycles. The number of aliphatic carboxylic acids is 1. The molecule has 0 bridgehead atoms. The number of guanidine groups is 3. The van der Waals surface area contributed by atoms with Gasteiger partial charge in [0.2, 0.25) is 94.5 Å². The lowest BCUT2D eigenvalue weighted by Gasteiger charge is -2.32. The lowest BCUT2D eigenvalue weighted by Crippen LogP contribution is -2.62. The Hall–Kier alpha value is -14.4. The van der Waals surface area contributed by atoms with Gasteiger partial charge in [-0.25, -0.2) is 4.98 Å². The third-order valence-electron chi connectivity index (χ3n) is 24.3. The number of hydrogen-bond acceptors (Lipinski definition) is 30. The number of imidazole rings is 1. The van der Waals surface area contributed by atoms with Gasteiger partial charge in [0.1, 0.15) is 91.4 Å². The largest absolute Gasteiger partial charge is 0.481 e. The van der Waals surface area contributed by atoms with Crippen LogP contribution in [0.3, 0.4) is 0 Å². The van der Waals surface area contributed by atoms with E-state index in [0.29, 0.717) is 30.5 Å². The number of ether oxygens (including phenoxy) is 5. The minimum atomic E-state index is -1.97. The molecule has 16 amide bonds. The third-order valence-corrected chi connectivity index (χ3v) is 24.3. The van der Waals surface area contributed by atoms with Crippen molar-refractivity contribution in [1.29, 1.82) is 16.2 Å². The van der Waals surface area contributed by atoms with Gasteiger partial charge in [0.05, 0.1) is 77.0 Å². The molecule has 4 aromatic rings. The number of nitrogens with one attached hydrogen (secondary N) is 22. The van der Waals surface area contributed by atoms with E-state index in [1.54, 1.807) is 42.6 Å². The number of H-pyrrole nitrogens is 2. The molecular formula is C91H140N30O25. The molecule has 55 heteroatoms. The summed E-state index contributed by atoms with van der Waals surface area (Å²) in [6.45, 7) is -2.65. The summed E-state index contributed by atoms with van der Waals surface area (Å²) < 4.78 is 27.5. The number of rotatable bonds is 58. The van der Waals surface area contributed by atoms with Crippen molar-refractivity contribution in [2.45, 2.75) is 225 Å². The van der Waals surface area contributed by atoms with Crippen LogP contribution in [0.5, 0.6) is 0 Å². The molecule has 5 heterocycles. The Kier molecular flexibility index (Phi) is 48.9. The fourth-order valence-electron chi connectivity index (χ4n) is 16.4. The highest BCUT2D eigenvalue weighted by molar-refractivity contribution is 6.03. The molecule has 3 aliphatic heterocycles. The molecule has 2 aromatic carbocycles.